The largest absolute Gasteiger partial charge is 0.484 e. The van der Waals surface area contributed by atoms with Gasteiger partial charge in [0.25, 0.3) is 0 Å². The van der Waals surface area contributed by atoms with Gasteiger partial charge in [0.15, 0.2) is 11.5 Å². The Morgan fingerprint density at radius 2 is 1.68 bits per heavy atom. The van der Waals surface area contributed by atoms with E-state index in [0.29, 0.717) is 30.1 Å². The Kier molecular flexibility index (Phi) is 7.03. The van der Waals surface area contributed by atoms with E-state index in [1.165, 1.54) is 0 Å². The second-order valence-electron chi connectivity index (χ2n) is 7.57. The summed E-state index contributed by atoms with van der Waals surface area (Å²) in [6.07, 6.45) is 0.714. The monoisotopic (exact) mass is 350 g/mol. The van der Waals surface area contributed by atoms with Gasteiger partial charge >= 0.3 is 11.9 Å². The lowest BCUT2D eigenvalue weighted by Gasteiger charge is -2.26. The number of benzene rings is 1. The Labute approximate surface area is 150 Å². The molecule has 1 aromatic carbocycles. The van der Waals surface area contributed by atoms with Crippen molar-refractivity contribution >= 4 is 11.9 Å². The molecule has 25 heavy (non-hydrogen) atoms. The van der Waals surface area contributed by atoms with Crippen LogP contribution in [0.4, 0.5) is 0 Å². The molecule has 0 saturated heterocycles. The topological polar surface area (TPSA) is 61.8 Å². The summed E-state index contributed by atoms with van der Waals surface area (Å²) in [5, 5.41) is 0. The fourth-order valence-corrected chi connectivity index (χ4v) is 1.95. The second kappa shape index (κ2) is 8.37. The van der Waals surface area contributed by atoms with Gasteiger partial charge < -0.3 is 14.2 Å². The van der Waals surface area contributed by atoms with Crippen molar-refractivity contribution in [3.63, 3.8) is 0 Å². The van der Waals surface area contributed by atoms with Crippen molar-refractivity contribution in [3.05, 3.63) is 23.8 Å². The summed E-state index contributed by atoms with van der Waals surface area (Å²) in [5.41, 5.74) is -0.476. The molecule has 0 unspecified atom stereocenters. The van der Waals surface area contributed by atoms with Crippen LogP contribution in [0.25, 0.3) is 0 Å². The van der Waals surface area contributed by atoms with Crippen LogP contribution in [0.3, 0.4) is 0 Å². The van der Waals surface area contributed by atoms with Gasteiger partial charge in [0, 0.05) is 5.56 Å². The first-order chi connectivity index (χ1) is 11.5. The minimum atomic E-state index is -0.601. The molecular formula is C20H30O5. The first kappa shape index (κ1) is 21.0. The molecule has 0 amide bonds. The molecular weight excluding hydrogens is 320 g/mol. The molecule has 1 rings (SSSR count). The fourth-order valence-electron chi connectivity index (χ4n) is 1.95. The van der Waals surface area contributed by atoms with E-state index in [2.05, 4.69) is 0 Å². The molecule has 140 valence electrons. The van der Waals surface area contributed by atoms with Crippen LogP contribution in [0.5, 0.6) is 11.5 Å². The number of carbonyl (C=O) groups is 2. The molecule has 5 heteroatoms. The Hall–Kier alpha value is -2.04. The molecule has 0 saturated carbocycles. The zero-order valence-corrected chi connectivity index (χ0v) is 16.4. The molecule has 1 aromatic rings. The van der Waals surface area contributed by atoms with Crippen LogP contribution in [0.1, 0.15) is 60.5 Å². The molecule has 0 aromatic heterocycles. The average molecular weight is 350 g/mol. The number of para-hydroxylation sites is 1. The van der Waals surface area contributed by atoms with Gasteiger partial charge in [-0.1, -0.05) is 19.1 Å². The van der Waals surface area contributed by atoms with Crippen molar-refractivity contribution in [1.82, 2.24) is 0 Å². The van der Waals surface area contributed by atoms with Crippen molar-refractivity contribution in [2.45, 2.75) is 66.9 Å². The molecule has 5 nitrogen and oxygen atoms in total. The molecule has 0 fully saturated rings. The van der Waals surface area contributed by atoms with Gasteiger partial charge in [-0.2, -0.15) is 0 Å². The van der Waals surface area contributed by atoms with Gasteiger partial charge in [0.05, 0.1) is 18.4 Å². The van der Waals surface area contributed by atoms with Crippen molar-refractivity contribution in [2.75, 3.05) is 6.61 Å². The van der Waals surface area contributed by atoms with Crippen molar-refractivity contribution in [3.8, 4) is 11.5 Å². The number of hydrogen-bond acceptors (Lipinski definition) is 5. The Balaban J connectivity index is 3.23. The maximum Gasteiger partial charge on any atom is 0.317 e. The van der Waals surface area contributed by atoms with Gasteiger partial charge in [0.1, 0.15) is 5.60 Å². The van der Waals surface area contributed by atoms with Crippen molar-refractivity contribution in [1.29, 1.82) is 0 Å². The summed E-state index contributed by atoms with van der Waals surface area (Å²) in [6.45, 7) is 13.4. The first-order valence-electron chi connectivity index (χ1n) is 8.69. The maximum absolute atomic E-state index is 12.4. The highest BCUT2D eigenvalue weighted by Gasteiger charge is 2.30. The van der Waals surface area contributed by atoms with Crippen LogP contribution in [0.15, 0.2) is 18.2 Å². The number of carbonyl (C=O) groups excluding carboxylic acids is 2. The molecule has 0 heterocycles. The Bertz CT molecular complexity index is 611. The predicted molar refractivity (Wildman–Crippen MR) is 96.9 cm³/mol. The average Bonchev–Trinajstić information content (AvgIpc) is 2.49. The lowest BCUT2D eigenvalue weighted by atomic mass is 9.91. The molecule has 0 atom stereocenters. The van der Waals surface area contributed by atoms with Gasteiger partial charge in [0.2, 0.25) is 0 Å². The summed E-state index contributed by atoms with van der Waals surface area (Å²) in [5.74, 6) is 0.0484. The summed E-state index contributed by atoms with van der Waals surface area (Å²) in [7, 11) is 0. The minimum absolute atomic E-state index is 0.0574. The standard InChI is InChI=1S/C20H30O5/c1-8-20(6,7)18(22)24-15-12-10-11-14(13-16(21)23-9-2)17(15)25-19(3,4)5/h10-12H,8-9,13H2,1-7H3. The van der Waals surface area contributed by atoms with Crippen LogP contribution in [0, 0.1) is 5.41 Å². The van der Waals surface area contributed by atoms with Crippen LogP contribution in [-0.4, -0.2) is 24.1 Å². The summed E-state index contributed by atoms with van der Waals surface area (Å²) < 4.78 is 16.6. The first-order valence-corrected chi connectivity index (χ1v) is 8.69. The number of rotatable bonds is 7. The van der Waals surface area contributed by atoms with E-state index in [9.17, 15) is 9.59 Å². The molecule has 0 aliphatic carbocycles. The third-order valence-electron chi connectivity index (χ3n) is 3.75. The van der Waals surface area contributed by atoms with Crippen LogP contribution >= 0.6 is 0 Å². The quantitative estimate of drug-likeness (QED) is 0.541. The smallest absolute Gasteiger partial charge is 0.317 e. The van der Waals surface area contributed by atoms with Crippen LogP contribution in [-0.2, 0) is 20.7 Å². The molecule has 0 N–H and O–H groups in total. The maximum atomic E-state index is 12.4. The Morgan fingerprint density at radius 1 is 1.04 bits per heavy atom. The lowest BCUT2D eigenvalue weighted by Crippen LogP contribution is -2.29. The van der Waals surface area contributed by atoms with Crippen LogP contribution in [0.2, 0.25) is 0 Å². The lowest BCUT2D eigenvalue weighted by molar-refractivity contribution is -0.144. The molecule has 0 radical (unpaired) electrons. The molecule has 0 aliphatic rings. The van der Waals surface area contributed by atoms with E-state index in [-0.39, 0.29) is 18.4 Å². The van der Waals surface area contributed by atoms with E-state index in [0.717, 1.165) is 0 Å². The highest BCUT2D eigenvalue weighted by Crippen LogP contribution is 2.36. The van der Waals surface area contributed by atoms with Crippen molar-refractivity contribution in [2.24, 2.45) is 5.41 Å². The normalized spacial score (nSPS) is 11.8. The summed E-state index contributed by atoms with van der Waals surface area (Å²) in [6, 6.07) is 5.20. The van der Waals surface area contributed by atoms with Gasteiger partial charge in [-0.25, -0.2) is 0 Å². The Morgan fingerprint density at radius 3 is 2.20 bits per heavy atom. The van der Waals surface area contributed by atoms with Gasteiger partial charge in [-0.05, 0) is 54.0 Å². The SMILES string of the molecule is CCOC(=O)Cc1cccc(OC(=O)C(C)(C)CC)c1OC(C)(C)C. The molecule has 0 bridgehead atoms. The zero-order valence-electron chi connectivity index (χ0n) is 16.4. The van der Waals surface area contributed by atoms with Crippen molar-refractivity contribution < 1.29 is 23.8 Å². The number of esters is 2. The highest BCUT2D eigenvalue weighted by atomic mass is 16.6. The third-order valence-corrected chi connectivity index (χ3v) is 3.75. The molecule has 0 aliphatic heterocycles. The van der Waals surface area contributed by atoms with Gasteiger partial charge in [-0.3, -0.25) is 9.59 Å². The van der Waals surface area contributed by atoms with Crippen LogP contribution < -0.4 is 9.47 Å². The fraction of sp³-hybridized carbons (Fsp3) is 0.600. The number of hydrogen-bond donors (Lipinski definition) is 0. The predicted octanol–water partition coefficient (Wildman–Crippen LogP) is 4.31. The van der Waals surface area contributed by atoms with E-state index in [4.69, 9.17) is 14.2 Å². The highest BCUT2D eigenvalue weighted by molar-refractivity contribution is 5.80. The van der Waals surface area contributed by atoms with E-state index >= 15 is 0 Å². The minimum Gasteiger partial charge on any atom is -0.484 e. The second-order valence-corrected chi connectivity index (χ2v) is 7.57. The molecule has 0 spiro atoms. The van der Waals surface area contributed by atoms with E-state index in [1.54, 1.807) is 25.1 Å². The third kappa shape index (κ3) is 6.40. The van der Waals surface area contributed by atoms with E-state index < -0.39 is 11.0 Å². The summed E-state index contributed by atoms with van der Waals surface area (Å²) in [4.78, 5) is 24.3. The summed E-state index contributed by atoms with van der Waals surface area (Å²) >= 11 is 0. The van der Waals surface area contributed by atoms with E-state index in [1.807, 2.05) is 41.5 Å². The van der Waals surface area contributed by atoms with Gasteiger partial charge in [-0.15, -0.1) is 0 Å². The zero-order chi connectivity index (χ0) is 19.3. The number of ether oxygens (including phenoxy) is 3.